The SMILES string of the molecule is Cc1cccc(CNc2cnc(C(=O)Nc3cc(C)cc(C)c3)cn2)c1. The van der Waals surface area contributed by atoms with Gasteiger partial charge in [0.15, 0.2) is 0 Å². The Morgan fingerprint density at radius 2 is 1.69 bits per heavy atom. The Morgan fingerprint density at radius 3 is 2.35 bits per heavy atom. The number of nitrogens with zero attached hydrogens (tertiary/aromatic N) is 2. The number of hydrogen-bond donors (Lipinski definition) is 2. The molecule has 0 atom stereocenters. The molecule has 0 unspecified atom stereocenters. The van der Waals surface area contributed by atoms with E-state index in [9.17, 15) is 4.79 Å². The Bertz CT molecular complexity index is 899. The average Bonchev–Trinajstić information content (AvgIpc) is 2.59. The third kappa shape index (κ3) is 4.66. The van der Waals surface area contributed by atoms with Crippen molar-refractivity contribution in [1.29, 1.82) is 0 Å². The molecule has 1 heterocycles. The van der Waals surface area contributed by atoms with Crippen LogP contribution in [0.15, 0.2) is 54.9 Å². The molecule has 0 bridgehead atoms. The molecule has 26 heavy (non-hydrogen) atoms. The lowest BCUT2D eigenvalue weighted by molar-refractivity contribution is 0.102. The number of hydrogen-bond acceptors (Lipinski definition) is 4. The lowest BCUT2D eigenvalue weighted by Crippen LogP contribution is -2.14. The summed E-state index contributed by atoms with van der Waals surface area (Å²) in [6.45, 7) is 6.71. The second-order valence-corrected chi connectivity index (χ2v) is 6.46. The highest BCUT2D eigenvalue weighted by Gasteiger charge is 2.09. The minimum Gasteiger partial charge on any atom is -0.365 e. The first-order valence-electron chi connectivity index (χ1n) is 8.51. The summed E-state index contributed by atoms with van der Waals surface area (Å²) in [5, 5.41) is 6.08. The van der Waals surface area contributed by atoms with E-state index in [-0.39, 0.29) is 11.6 Å². The van der Waals surface area contributed by atoms with Gasteiger partial charge in [0.25, 0.3) is 5.91 Å². The van der Waals surface area contributed by atoms with E-state index in [4.69, 9.17) is 0 Å². The van der Waals surface area contributed by atoms with Crippen LogP contribution in [-0.4, -0.2) is 15.9 Å². The first kappa shape index (κ1) is 17.6. The summed E-state index contributed by atoms with van der Waals surface area (Å²) in [5.41, 5.74) is 5.63. The molecule has 0 aliphatic carbocycles. The minimum absolute atomic E-state index is 0.271. The molecule has 3 rings (SSSR count). The van der Waals surface area contributed by atoms with Gasteiger partial charge < -0.3 is 10.6 Å². The van der Waals surface area contributed by atoms with Crippen molar-refractivity contribution >= 4 is 17.4 Å². The molecular formula is C21H22N4O. The molecule has 0 aliphatic rings. The number of carbonyl (C=O) groups is 1. The van der Waals surface area contributed by atoms with E-state index in [0.717, 1.165) is 16.8 Å². The number of anilines is 2. The van der Waals surface area contributed by atoms with Gasteiger partial charge in [0.1, 0.15) is 11.5 Å². The molecule has 2 aromatic carbocycles. The minimum atomic E-state index is -0.271. The van der Waals surface area contributed by atoms with Crippen molar-refractivity contribution < 1.29 is 4.79 Å². The van der Waals surface area contributed by atoms with E-state index >= 15 is 0 Å². The Morgan fingerprint density at radius 1 is 0.923 bits per heavy atom. The Hall–Kier alpha value is -3.21. The van der Waals surface area contributed by atoms with Crippen molar-refractivity contribution in [2.75, 3.05) is 10.6 Å². The zero-order valence-corrected chi connectivity index (χ0v) is 15.2. The van der Waals surface area contributed by atoms with Gasteiger partial charge in [-0.05, 0) is 49.6 Å². The van der Waals surface area contributed by atoms with E-state index in [2.05, 4.69) is 51.8 Å². The third-order valence-corrected chi connectivity index (χ3v) is 3.92. The molecule has 3 aromatic rings. The predicted molar refractivity (Wildman–Crippen MR) is 104 cm³/mol. The van der Waals surface area contributed by atoms with E-state index in [1.165, 1.54) is 17.3 Å². The van der Waals surface area contributed by atoms with Crippen LogP contribution in [0.3, 0.4) is 0 Å². The fourth-order valence-electron chi connectivity index (χ4n) is 2.79. The van der Waals surface area contributed by atoms with E-state index in [1.54, 1.807) is 6.20 Å². The van der Waals surface area contributed by atoms with E-state index in [0.29, 0.717) is 12.4 Å². The fraction of sp³-hybridized carbons (Fsp3) is 0.190. The number of aromatic nitrogens is 2. The Labute approximate surface area is 153 Å². The normalized spacial score (nSPS) is 10.4. The van der Waals surface area contributed by atoms with Crippen molar-refractivity contribution in [2.24, 2.45) is 0 Å². The van der Waals surface area contributed by atoms with Gasteiger partial charge in [0, 0.05) is 12.2 Å². The Balaban J connectivity index is 1.62. The summed E-state index contributed by atoms with van der Waals surface area (Å²) < 4.78 is 0. The molecule has 2 N–H and O–H groups in total. The van der Waals surface area contributed by atoms with Crippen LogP contribution < -0.4 is 10.6 Å². The maximum absolute atomic E-state index is 12.3. The van der Waals surface area contributed by atoms with Crippen molar-refractivity contribution in [3.05, 3.63) is 82.8 Å². The van der Waals surface area contributed by atoms with Crippen molar-refractivity contribution in [1.82, 2.24) is 9.97 Å². The van der Waals surface area contributed by atoms with E-state index < -0.39 is 0 Å². The Kier molecular flexibility index (Phi) is 5.27. The van der Waals surface area contributed by atoms with Crippen LogP contribution in [0, 0.1) is 20.8 Å². The highest BCUT2D eigenvalue weighted by atomic mass is 16.1. The molecule has 0 fully saturated rings. The summed E-state index contributed by atoms with van der Waals surface area (Å²) in [6, 6.07) is 14.2. The number of benzene rings is 2. The largest absolute Gasteiger partial charge is 0.365 e. The molecule has 0 saturated heterocycles. The number of nitrogens with one attached hydrogen (secondary N) is 2. The van der Waals surface area contributed by atoms with Gasteiger partial charge in [0.2, 0.25) is 0 Å². The average molecular weight is 346 g/mol. The smallest absolute Gasteiger partial charge is 0.275 e. The van der Waals surface area contributed by atoms with Crippen LogP contribution >= 0.6 is 0 Å². The molecule has 0 radical (unpaired) electrons. The zero-order chi connectivity index (χ0) is 18.5. The summed E-state index contributed by atoms with van der Waals surface area (Å²) in [5.74, 6) is 0.363. The quantitative estimate of drug-likeness (QED) is 0.724. The van der Waals surface area contributed by atoms with Crippen molar-refractivity contribution in [3.63, 3.8) is 0 Å². The lowest BCUT2D eigenvalue weighted by atomic mass is 10.1. The topological polar surface area (TPSA) is 66.9 Å². The molecule has 0 aliphatic heterocycles. The van der Waals surface area contributed by atoms with Gasteiger partial charge in [-0.3, -0.25) is 4.79 Å². The van der Waals surface area contributed by atoms with Crippen LogP contribution in [0.5, 0.6) is 0 Å². The lowest BCUT2D eigenvalue weighted by Gasteiger charge is -2.08. The summed E-state index contributed by atoms with van der Waals surface area (Å²) in [7, 11) is 0. The van der Waals surface area contributed by atoms with Crippen molar-refractivity contribution in [2.45, 2.75) is 27.3 Å². The molecule has 5 nitrogen and oxygen atoms in total. The van der Waals surface area contributed by atoms with E-state index in [1.807, 2.05) is 32.0 Å². The van der Waals surface area contributed by atoms with Gasteiger partial charge in [-0.2, -0.15) is 0 Å². The second-order valence-electron chi connectivity index (χ2n) is 6.46. The maximum Gasteiger partial charge on any atom is 0.275 e. The number of aryl methyl sites for hydroxylation is 3. The molecule has 0 spiro atoms. The van der Waals surface area contributed by atoms with Gasteiger partial charge in [-0.25, -0.2) is 9.97 Å². The highest BCUT2D eigenvalue weighted by Crippen LogP contribution is 2.15. The summed E-state index contributed by atoms with van der Waals surface area (Å²) >= 11 is 0. The van der Waals surface area contributed by atoms with Crippen LogP contribution in [0.4, 0.5) is 11.5 Å². The number of rotatable bonds is 5. The maximum atomic E-state index is 12.3. The first-order chi connectivity index (χ1) is 12.5. The standard InChI is InChI=1S/C21H22N4O/c1-14-5-4-6-17(8-14)11-23-20-13-22-19(12-24-20)21(26)25-18-9-15(2)7-16(3)10-18/h4-10,12-13H,11H2,1-3H3,(H,23,24)(H,25,26). The van der Waals surface area contributed by atoms with Crippen LogP contribution in [0.2, 0.25) is 0 Å². The second kappa shape index (κ2) is 7.78. The van der Waals surface area contributed by atoms with Crippen LogP contribution in [-0.2, 0) is 6.54 Å². The molecule has 1 amide bonds. The summed E-state index contributed by atoms with van der Waals surface area (Å²) in [6.07, 6.45) is 3.06. The number of carbonyl (C=O) groups excluding carboxylic acids is 1. The fourth-order valence-corrected chi connectivity index (χ4v) is 2.79. The molecule has 1 aromatic heterocycles. The molecular weight excluding hydrogens is 324 g/mol. The molecule has 132 valence electrons. The highest BCUT2D eigenvalue weighted by molar-refractivity contribution is 6.02. The van der Waals surface area contributed by atoms with Gasteiger partial charge in [-0.1, -0.05) is 35.9 Å². The first-order valence-corrected chi connectivity index (χ1v) is 8.51. The monoisotopic (exact) mass is 346 g/mol. The zero-order valence-electron chi connectivity index (χ0n) is 15.2. The van der Waals surface area contributed by atoms with Crippen molar-refractivity contribution in [3.8, 4) is 0 Å². The van der Waals surface area contributed by atoms with Crippen LogP contribution in [0.25, 0.3) is 0 Å². The number of amides is 1. The van der Waals surface area contributed by atoms with Gasteiger partial charge in [0.05, 0.1) is 12.4 Å². The predicted octanol–water partition coefficient (Wildman–Crippen LogP) is 4.27. The van der Waals surface area contributed by atoms with Gasteiger partial charge in [-0.15, -0.1) is 0 Å². The molecule has 0 saturated carbocycles. The van der Waals surface area contributed by atoms with Gasteiger partial charge >= 0.3 is 0 Å². The molecule has 5 heteroatoms. The van der Waals surface area contributed by atoms with Crippen LogP contribution in [0.1, 0.15) is 32.7 Å². The third-order valence-electron chi connectivity index (χ3n) is 3.92. The summed E-state index contributed by atoms with van der Waals surface area (Å²) in [4.78, 5) is 20.8.